The minimum Gasteiger partial charge on any atom is -0.444 e. The molecular weight excluding hydrogens is 428 g/mol. The fourth-order valence-electron chi connectivity index (χ4n) is 4.10. The maximum absolute atomic E-state index is 13.4. The minimum atomic E-state index is -0.596. The van der Waals surface area contributed by atoms with Gasteiger partial charge in [-0.3, -0.25) is 9.78 Å². The van der Waals surface area contributed by atoms with Gasteiger partial charge in [0.25, 0.3) is 0 Å². The molecule has 1 aromatic heterocycles. The van der Waals surface area contributed by atoms with Crippen LogP contribution in [0.25, 0.3) is 0 Å². The molecule has 1 saturated heterocycles. The number of likely N-dealkylation sites (tertiary alicyclic amines) is 1. The van der Waals surface area contributed by atoms with Crippen molar-refractivity contribution < 1.29 is 14.3 Å². The maximum Gasteiger partial charge on any atom is 0.410 e. The summed E-state index contributed by atoms with van der Waals surface area (Å²) in [6.07, 6.45) is 3.05. The van der Waals surface area contributed by atoms with Crippen molar-refractivity contribution >= 4 is 29.1 Å². The van der Waals surface area contributed by atoms with Gasteiger partial charge in [0.2, 0.25) is 5.91 Å². The highest BCUT2D eigenvalue weighted by molar-refractivity contribution is 5.94. The molecule has 1 aliphatic rings. The van der Waals surface area contributed by atoms with Crippen LogP contribution in [0.4, 0.5) is 21.9 Å². The molecule has 2 aromatic carbocycles. The molecule has 1 aliphatic heterocycles. The van der Waals surface area contributed by atoms with Gasteiger partial charge in [-0.2, -0.15) is 0 Å². The largest absolute Gasteiger partial charge is 0.444 e. The third-order valence-electron chi connectivity index (χ3n) is 5.62. The lowest BCUT2D eigenvalue weighted by molar-refractivity contribution is -0.119. The molecule has 0 radical (unpaired) electrons. The standard InChI is InChI=1S/C27H30N4O3/c1-27(2,3)34-26(33)31-17-23(19-9-5-4-6-10-19)24(18-31)25(32)30-21-12-7-11-20(15-21)29-22-13-8-14-28-16-22/h4-16,23-24,29H,17-18H2,1-3H3,(H,30,32)/t23-,24+/m0/s1. The van der Waals surface area contributed by atoms with Crippen molar-refractivity contribution in [2.24, 2.45) is 5.92 Å². The predicted molar refractivity (Wildman–Crippen MR) is 133 cm³/mol. The summed E-state index contributed by atoms with van der Waals surface area (Å²) in [5.41, 5.74) is 2.81. The Morgan fingerprint density at radius 3 is 2.38 bits per heavy atom. The van der Waals surface area contributed by atoms with Gasteiger partial charge in [0, 0.05) is 36.6 Å². The SMILES string of the molecule is CC(C)(C)OC(=O)N1C[C@@H](C(=O)Nc2cccc(Nc3cccnc3)c2)[C@H](c2ccccc2)C1. The van der Waals surface area contributed by atoms with E-state index in [-0.39, 0.29) is 11.8 Å². The summed E-state index contributed by atoms with van der Waals surface area (Å²) in [5.74, 6) is -0.645. The van der Waals surface area contributed by atoms with Crippen molar-refractivity contribution in [2.75, 3.05) is 23.7 Å². The topological polar surface area (TPSA) is 83.6 Å². The lowest BCUT2D eigenvalue weighted by Crippen LogP contribution is -2.36. The molecular formula is C27H30N4O3. The second kappa shape index (κ2) is 9.95. The molecule has 0 unspecified atom stereocenters. The number of aromatic nitrogens is 1. The first-order chi connectivity index (χ1) is 16.3. The highest BCUT2D eigenvalue weighted by atomic mass is 16.6. The van der Waals surface area contributed by atoms with Crippen LogP contribution in [-0.2, 0) is 9.53 Å². The van der Waals surface area contributed by atoms with Gasteiger partial charge >= 0.3 is 6.09 Å². The summed E-state index contributed by atoms with van der Waals surface area (Å²) in [6.45, 7) is 6.25. The quantitative estimate of drug-likeness (QED) is 0.534. The van der Waals surface area contributed by atoms with Crippen LogP contribution in [0.5, 0.6) is 0 Å². The molecule has 0 aliphatic carbocycles. The van der Waals surface area contributed by atoms with Crippen LogP contribution in [0.15, 0.2) is 79.1 Å². The van der Waals surface area contributed by atoms with Crippen molar-refractivity contribution in [3.63, 3.8) is 0 Å². The van der Waals surface area contributed by atoms with Gasteiger partial charge in [0.05, 0.1) is 17.8 Å². The van der Waals surface area contributed by atoms with Gasteiger partial charge in [-0.1, -0.05) is 36.4 Å². The van der Waals surface area contributed by atoms with E-state index >= 15 is 0 Å². The van der Waals surface area contributed by atoms with Gasteiger partial charge in [0.15, 0.2) is 0 Å². The van der Waals surface area contributed by atoms with Crippen molar-refractivity contribution in [3.8, 4) is 0 Å². The average Bonchev–Trinajstić information content (AvgIpc) is 3.26. The zero-order valence-corrected chi connectivity index (χ0v) is 19.7. The molecule has 0 saturated carbocycles. The summed E-state index contributed by atoms with van der Waals surface area (Å²) in [4.78, 5) is 31.9. The van der Waals surface area contributed by atoms with Crippen LogP contribution < -0.4 is 10.6 Å². The van der Waals surface area contributed by atoms with Crippen molar-refractivity contribution in [1.82, 2.24) is 9.88 Å². The van der Waals surface area contributed by atoms with Crippen LogP contribution in [0.1, 0.15) is 32.3 Å². The Bertz CT molecular complexity index is 1130. The number of carbonyl (C=O) groups excluding carboxylic acids is 2. The lowest BCUT2D eigenvalue weighted by atomic mass is 9.88. The molecule has 0 spiro atoms. The monoisotopic (exact) mass is 458 g/mol. The normalized spacial score (nSPS) is 17.8. The Balaban J connectivity index is 1.51. The third-order valence-corrected chi connectivity index (χ3v) is 5.62. The Hall–Kier alpha value is -3.87. The number of hydrogen-bond acceptors (Lipinski definition) is 5. The van der Waals surface area contributed by atoms with E-state index in [1.165, 1.54) is 0 Å². The predicted octanol–water partition coefficient (Wildman–Crippen LogP) is 5.41. The van der Waals surface area contributed by atoms with Crippen molar-refractivity contribution in [2.45, 2.75) is 32.3 Å². The van der Waals surface area contributed by atoms with Gasteiger partial charge in [-0.25, -0.2) is 4.79 Å². The fraction of sp³-hybridized carbons (Fsp3) is 0.296. The van der Waals surface area contributed by atoms with E-state index in [1.54, 1.807) is 17.3 Å². The van der Waals surface area contributed by atoms with Crippen LogP contribution >= 0.6 is 0 Å². The number of benzene rings is 2. The average molecular weight is 459 g/mol. The van der Waals surface area contributed by atoms with E-state index in [4.69, 9.17) is 4.74 Å². The number of nitrogens with one attached hydrogen (secondary N) is 2. The molecule has 3 aromatic rings. The number of rotatable bonds is 5. The highest BCUT2D eigenvalue weighted by Crippen LogP contribution is 2.34. The zero-order valence-electron chi connectivity index (χ0n) is 19.7. The molecule has 4 rings (SSSR count). The third kappa shape index (κ3) is 5.92. The van der Waals surface area contributed by atoms with Crippen LogP contribution in [0, 0.1) is 5.92 Å². The Morgan fingerprint density at radius 2 is 1.68 bits per heavy atom. The maximum atomic E-state index is 13.4. The summed E-state index contributed by atoms with van der Waals surface area (Å²) in [7, 11) is 0. The van der Waals surface area contributed by atoms with Crippen molar-refractivity contribution in [1.29, 1.82) is 0 Å². The van der Waals surface area contributed by atoms with Gasteiger partial charge < -0.3 is 20.3 Å². The summed E-state index contributed by atoms with van der Waals surface area (Å²) in [5, 5.41) is 6.33. The first-order valence-electron chi connectivity index (χ1n) is 11.4. The Morgan fingerprint density at radius 1 is 0.941 bits per heavy atom. The lowest BCUT2D eigenvalue weighted by Gasteiger charge is -2.24. The molecule has 2 N–H and O–H groups in total. The second-order valence-corrected chi connectivity index (χ2v) is 9.45. The fourth-order valence-corrected chi connectivity index (χ4v) is 4.10. The number of anilines is 3. The van der Waals surface area contributed by atoms with Crippen molar-refractivity contribution in [3.05, 3.63) is 84.7 Å². The van der Waals surface area contributed by atoms with E-state index in [2.05, 4.69) is 15.6 Å². The number of carbonyl (C=O) groups is 2. The Labute approximate surface area is 200 Å². The Kier molecular flexibility index (Phi) is 6.82. The molecule has 176 valence electrons. The second-order valence-electron chi connectivity index (χ2n) is 9.45. The first kappa shape index (κ1) is 23.3. The van der Waals surface area contributed by atoms with Gasteiger partial charge in [-0.15, -0.1) is 0 Å². The van der Waals surface area contributed by atoms with Crippen LogP contribution in [0.2, 0.25) is 0 Å². The summed E-state index contributed by atoms with van der Waals surface area (Å²) >= 11 is 0. The van der Waals surface area contributed by atoms with Crippen LogP contribution in [-0.4, -0.2) is 40.6 Å². The van der Waals surface area contributed by atoms with Gasteiger partial charge in [-0.05, 0) is 56.7 Å². The molecule has 2 heterocycles. The number of pyridine rings is 1. The molecule has 34 heavy (non-hydrogen) atoms. The molecule has 7 heteroatoms. The molecule has 2 atom stereocenters. The smallest absolute Gasteiger partial charge is 0.410 e. The molecule has 0 bridgehead atoms. The summed E-state index contributed by atoms with van der Waals surface area (Å²) < 4.78 is 5.57. The zero-order chi connectivity index (χ0) is 24.1. The number of nitrogens with zero attached hydrogens (tertiary/aromatic N) is 2. The molecule has 2 amide bonds. The van der Waals surface area contributed by atoms with E-state index < -0.39 is 17.6 Å². The van der Waals surface area contributed by atoms with E-state index in [1.807, 2.05) is 87.5 Å². The van der Waals surface area contributed by atoms with E-state index in [0.29, 0.717) is 18.8 Å². The highest BCUT2D eigenvalue weighted by Gasteiger charge is 2.41. The molecule has 1 fully saturated rings. The summed E-state index contributed by atoms with van der Waals surface area (Å²) in [6, 6.07) is 21.2. The van der Waals surface area contributed by atoms with Gasteiger partial charge in [0.1, 0.15) is 5.60 Å². The van der Waals surface area contributed by atoms with E-state index in [0.717, 1.165) is 16.9 Å². The minimum absolute atomic E-state index is 0.120. The molecule has 7 nitrogen and oxygen atoms in total. The number of hydrogen-bond donors (Lipinski definition) is 2. The van der Waals surface area contributed by atoms with Crippen LogP contribution in [0.3, 0.4) is 0 Å². The van der Waals surface area contributed by atoms with E-state index in [9.17, 15) is 9.59 Å². The number of ether oxygens (including phenoxy) is 1. The first-order valence-corrected chi connectivity index (χ1v) is 11.4. The number of amides is 2.